The second-order valence-corrected chi connectivity index (χ2v) is 6.11. The minimum absolute atomic E-state index is 0.00764. The summed E-state index contributed by atoms with van der Waals surface area (Å²) in [5.74, 6) is 0.305. The van der Waals surface area contributed by atoms with Gasteiger partial charge in [0.25, 0.3) is 0 Å². The molecule has 2 unspecified atom stereocenters. The van der Waals surface area contributed by atoms with Gasteiger partial charge >= 0.3 is 6.09 Å². The fraction of sp³-hybridized carbons (Fsp3) is 0.733. The number of ether oxygens (including phenoxy) is 2. The van der Waals surface area contributed by atoms with Gasteiger partial charge in [0, 0.05) is 19.6 Å². The smallest absolute Gasteiger partial charge is 0.410 e. The molecule has 1 fully saturated rings. The van der Waals surface area contributed by atoms with E-state index in [9.17, 15) is 4.79 Å². The zero-order valence-electron chi connectivity index (χ0n) is 12.7. The van der Waals surface area contributed by atoms with Crippen LogP contribution in [0.25, 0.3) is 0 Å². The van der Waals surface area contributed by atoms with Gasteiger partial charge in [-0.2, -0.15) is 0 Å². The van der Waals surface area contributed by atoms with Crippen molar-refractivity contribution >= 4 is 6.09 Å². The molecule has 2 aliphatic heterocycles. The van der Waals surface area contributed by atoms with Gasteiger partial charge < -0.3 is 14.5 Å². The molecule has 6 nitrogen and oxygen atoms in total. The van der Waals surface area contributed by atoms with Gasteiger partial charge in [-0.1, -0.05) is 13.8 Å². The van der Waals surface area contributed by atoms with Crippen LogP contribution in [0.15, 0.2) is 6.33 Å². The molecule has 0 bridgehead atoms. The van der Waals surface area contributed by atoms with Gasteiger partial charge in [-0.3, -0.25) is 4.90 Å². The Morgan fingerprint density at radius 2 is 2.48 bits per heavy atom. The number of nitrogens with one attached hydrogen (secondary N) is 1. The number of nitrogens with zero attached hydrogens (tertiary/aromatic N) is 2. The normalized spacial score (nSPS) is 25.2. The highest BCUT2D eigenvalue weighted by atomic mass is 16.6. The lowest BCUT2D eigenvalue weighted by molar-refractivity contribution is 0.0188. The molecule has 3 rings (SSSR count). The Morgan fingerprint density at radius 3 is 3.19 bits per heavy atom. The Kier molecular flexibility index (Phi) is 4.14. The summed E-state index contributed by atoms with van der Waals surface area (Å²) in [6, 6.07) is 0.00764. The molecule has 0 saturated carbocycles. The Morgan fingerprint density at radius 1 is 1.62 bits per heavy atom. The van der Waals surface area contributed by atoms with Crippen molar-refractivity contribution in [3.63, 3.8) is 0 Å². The van der Waals surface area contributed by atoms with E-state index in [0.29, 0.717) is 19.1 Å². The third-order valence-electron chi connectivity index (χ3n) is 4.26. The van der Waals surface area contributed by atoms with Gasteiger partial charge in [0.05, 0.1) is 29.9 Å². The highest BCUT2D eigenvalue weighted by Gasteiger charge is 2.35. The van der Waals surface area contributed by atoms with Crippen molar-refractivity contribution in [3.8, 4) is 0 Å². The lowest BCUT2D eigenvalue weighted by atomic mass is 9.94. The number of aromatic amines is 1. The quantitative estimate of drug-likeness (QED) is 0.928. The number of carbonyl (C=O) groups is 1. The van der Waals surface area contributed by atoms with Crippen molar-refractivity contribution in [1.29, 1.82) is 0 Å². The molecule has 0 radical (unpaired) electrons. The van der Waals surface area contributed by atoms with Gasteiger partial charge in [0.2, 0.25) is 0 Å². The molecule has 0 aromatic carbocycles. The Balaban J connectivity index is 1.67. The van der Waals surface area contributed by atoms with Crippen LogP contribution in [0.3, 0.4) is 0 Å². The van der Waals surface area contributed by atoms with Crippen molar-refractivity contribution < 1.29 is 14.3 Å². The maximum atomic E-state index is 12.4. The van der Waals surface area contributed by atoms with Crippen molar-refractivity contribution in [2.24, 2.45) is 5.92 Å². The monoisotopic (exact) mass is 293 g/mol. The fourth-order valence-electron chi connectivity index (χ4n) is 3.23. The van der Waals surface area contributed by atoms with Crippen LogP contribution in [0, 0.1) is 5.92 Å². The Hall–Kier alpha value is -1.56. The minimum atomic E-state index is -0.246. The lowest BCUT2D eigenvalue weighted by Gasteiger charge is -2.36. The molecule has 1 N–H and O–H groups in total. The van der Waals surface area contributed by atoms with Crippen LogP contribution in [0.5, 0.6) is 0 Å². The number of aromatic nitrogens is 2. The van der Waals surface area contributed by atoms with Gasteiger partial charge in [0.1, 0.15) is 6.61 Å². The Bertz CT molecular complexity index is 494. The second-order valence-electron chi connectivity index (χ2n) is 6.11. The molecule has 0 spiro atoms. The molecule has 2 aliphatic rings. The zero-order valence-corrected chi connectivity index (χ0v) is 12.7. The van der Waals surface area contributed by atoms with Crippen molar-refractivity contribution in [3.05, 3.63) is 17.7 Å². The molecular formula is C15H23N3O3. The molecule has 1 aromatic rings. The van der Waals surface area contributed by atoms with E-state index in [4.69, 9.17) is 9.47 Å². The maximum absolute atomic E-state index is 12.4. The number of amides is 1. The number of H-pyrrole nitrogens is 1. The first-order valence-electron chi connectivity index (χ1n) is 7.74. The summed E-state index contributed by atoms with van der Waals surface area (Å²) >= 11 is 0. The highest BCUT2D eigenvalue weighted by molar-refractivity contribution is 5.68. The minimum Gasteiger partial charge on any atom is -0.447 e. The van der Waals surface area contributed by atoms with E-state index in [-0.39, 0.29) is 18.2 Å². The summed E-state index contributed by atoms with van der Waals surface area (Å²) < 4.78 is 11.0. The van der Waals surface area contributed by atoms with E-state index in [2.05, 4.69) is 23.8 Å². The second kappa shape index (κ2) is 6.05. The first-order valence-corrected chi connectivity index (χ1v) is 7.74. The molecule has 1 aromatic heterocycles. The molecule has 6 heteroatoms. The topological polar surface area (TPSA) is 67.5 Å². The molecule has 3 heterocycles. The summed E-state index contributed by atoms with van der Waals surface area (Å²) in [7, 11) is 0. The van der Waals surface area contributed by atoms with Crippen LogP contribution in [-0.4, -0.2) is 46.8 Å². The van der Waals surface area contributed by atoms with Crippen LogP contribution < -0.4 is 0 Å². The Labute approximate surface area is 124 Å². The molecule has 0 aliphatic carbocycles. The molecule has 1 amide bonds. The van der Waals surface area contributed by atoms with E-state index in [1.165, 1.54) is 0 Å². The first-order chi connectivity index (χ1) is 10.2. The predicted octanol–water partition coefficient (Wildman–Crippen LogP) is 2.28. The number of hydrogen-bond acceptors (Lipinski definition) is 4. The first kappa shape index (κ1) is 14.4. The van der Waals surface area contributed by atoms with Crippen LogP contribution in [-0.2, 0) is 15.9 Å². The SMILES string of the molecule is CC(C)C1c2[nH]cnc2CCN1C(=O)OCC1CCCO1. The third kappa shape index (κ3) is 2.90. The number of imidazole rings is 1. The summed E-state index contributed by atoms with van der Waals surface area (Å²) in [5, 5.41) is 0. The van der Waals surface area contributed by atoms with Gasteiger partial charge in [-0.25, -0.2) is 9.78 Å². The summed E-state index contributed by atoms with van der Waals surface area (Å²) in [6.45, 7) is 6.01. The van der Waals surface area contributed by atoms with E-state index < -0.39 is 0 Å². The highest BCUT2D eigenvalue weighted by Crippen LogP contribution is 2.33. The van der Waals surface area contributed by atoms with E-state index in [1.54, 1.807) is 6.33 Å². The maximum Gasteiger partial charge on any atom is 0.410 e. The number of hydrogen-bond donors (Lipinski definition) is 1. The number of rotatable bonds is 3. The molecule has 2 atom stereocenters. The van der Waals surface area contributed by atoms with Crippen molar-refractivity contribution in [2.45, 2.75) is 45.3 Å². The number of fused-ring (bicyclic) bond motifs is 1. The average molecular weight is 293 g/mol. The predicted molar refractivity (Wildman–Crippen MR) is 76.9 cm³/mol. The summed E-state index contributed by atoms with van der Waals surface area (Å²) in [5.41, 5.74) is 2.11. The average Bonchev–Trinajstić information content (AvgIpc) is 3.14. The fourth-order valence-corrected chi connectivity index (χ4v) is 3.23. The van der Waals surface area contributed by atoms with E-state index >= 15 is 0 Å². The van der Waals surface area contributed by atoms with Gasteiger partial charge in [-0.05, 0) is 18.8 Å². The van der Waals surface area contributed by atoms with Crippen molar-refractivity contribution in [1.82, 2.24) is 14.9 Å². The van der Waals surface area contributed by atoms with Crippen LogP contribution >= 0.6 is 0 Å². The van der Waals surface area contributed by atoms with E-state index in [0.717, 1.165) is 37.3 Å². The summed E-state index contributed by atoms with van der Waals surface area (Å²) in [4.78, 5) is 21.8. The van der Waals surface area contributed by atoms with Crippen LogP contribution in [0.4, 0.5) is 4.79 Å². The molecule has 1 saturated heterocycles. The zero-order chi connectivity index (χ0) is 14.8. The standard InChI is InChI=1S/C15H23N3O3/c1-10(2)14-13-12(16-9-17-13)5-6-18(14)15(19)21-8-11-4-3-7-20-11/h9-11,14H,3-8H2,1-2H3,(H,16,17). The third-order valence-corrected chi connectivity index (χ3v) is 4.26. The largest absolute Gasteiger partial charge is 0.447 e. The van der Waals surface area contributed by atoms with Crippen molar-refractivity contribution in [2.75, 3.05) is 19.8 Å². The number of carbonyl (C=O) groups excluding carboxylic acids is 1. The van der Waals surface area contributed by atoms with Crippen LogP contribution in [0.1, 0.15) is 44.1 Å². The molecular weight excluding hydrogens is 270 g/mol. The van der Waals surface area contributed by atoms with E-state index in [1.807, 2.05) is 4.90 Å². The van der Waals surface area contributed by atoms with Gasteiger partial charge in [-0.15, -0.1) is 0 Å². The van der Waals surface area contributed by atoms with Gasteiger partial charge in [0.15, 0.2) is 0 Å². The molecule has 116 valence electrons. The lowest BCUT2D eigenvalue weighted by Crippen LogP contribution is -2.43. The summed E-state index contributed by atoms with van der Waals surface area (Å²) in [6.07, 6.45) is 4.34. The van der Waals surface area contributed by atoms with Crippen LogP contribution in [0.2, 0.25) is 0 Å². The molecule has 21 heavy (non-hydrogen) atoms.